The molecule has 10 nitrogen and oxygen atoms in total. The van der Waals surface area contributed by atoms with Crippen LogP contribution in [0.15, 0.2) is 57.0 Å². The zero-order valence-corrected chi connectivity index (χ0v) is 21.5. The SMILES string of the molecule is Cn1c(=O)n(CCC(F)(F)F)c2cc(-n3cc(OC(=O)O)c(=O)n([C@@H]4CCc5c4cccc5C(F)(F)F)c3=O)ccc21. The second kappa shape index (κ2) is 9.95. The number of imidazole rings is 1. The third kappa shape index (κ3) is 4.96. The number of nitrogens with zero attached hydrogens (tertiary/aromatic N) is 4. The minimum Gasteiger partial charge on any atom is -0.449 e. The fraction of sp³-hybridized carbons (Fsp3) is 0.308. The monoisotopic (exact) mass is 598 g/mol. The number of benzene rings is 2. The van der Waals surface area contributed by atoms with E-state index in [-0.39, 0.29) is 40.7 Å². The van der Waals surface area contributed by atoms with Crippen molar-refractivity contribution in [1.82, 2.24) is 18.3 Å². The topological polar surface area (TPSA) is 117 Å². The van der Waals surface area contributed by atoms with Crippen LogP contribution in [0.5, 0.6) is 5.75 Å². The van der Waals surface area contributed by atoms with Gasteiger partial charge in [-0.15, -0.1) is 0 Å². The van der Waals surface area contributed by atoms with Gasteiger partial charge in [0.1, 0.15) is 0 Å². The first-order valence-electron chi connectivity index (χ1n) is 12.3. The molecular weight excluding hydrogens is 578 g/mol. The molecule has 42 heavy (non-hydrogen) atoms. The summed E-state index contributed by atoms with van der Waals surface area (Å²) in [5.74, 6) is -0.842. The molecule has 0 fully saturated rings. The number of rotatable bonds is 5. The van der Waals surface area contributed by atoms with E-state index in [9.17, 15) is 50.6 Å². The van der Waals surface area contributed by atoms with E-state index in [0.717, 1.165) is 32.0 Å². The van der Waals surface area contributed by atoms with Gasteiger partial charge in [0.2, 0.25) is 5.75 Å². The van der Waals surface area contributed by atoms with Gasteiger partial charge in [0.15, 0.2) is 0 Å². The third-order valence-corrected chi connectivity index (χ3v) is 7.17. The van der Waals surface area contributed by atoms with E-state index in [0.29, 0.717) is 4.57 Å². The molecule has 0 saturated carbocycles. The van der Waals surface area contributed by atoms with E-state index >= 15 is 0 Å². The zero-order valence-electron chi connectivity index (χ0n) is 21.5. The normalized spacial score (nSPS) is 15.3. The maximum absolute atomic E-state index is 13.7. The standard InChI is InChI=1S/C26H20F6N4O6/c1-33-18-7-5-13(11-19(18)34(22(33)38)10-9-25(27,28)29)35-12-20(42-24(40)41)21(37)36(23(35)39)17-8-6-14-15(17)3-2-4-16(14)26(30,31)32/h2-5,7,11-12,17H,6,8-10H2,1H3,(H,40,41)/t17-/m1/s1. The summed E-state index contributed by atoms with van der Waals surface area (Å²) in [6.45, 7) is -0.731. The summed E-state index contributed by atoms with van der Waals surface area (Å²) in [6.07, 6.45) is -12.0. The predicted molar refractivity (Wildman–Crippen MR) is 134 cm³/mol. The Bertz CT molecular complexity index is 1910. The van der Waals surface area contributed by atoms with Crippen LogP contribution in [-0.2, 0) is 26.2 Å². The lowest BCUT2D eigenvalue weighted by atomic mass is 10.0. The van der Waals surface area contributed by atoms with Crippen LogP contribution in [0, 0.1) is 0 Å². The molecule has 2 aromatic heterocycles. The zero-order chi connectivity index (χ0) is 30.7. The minimum atomic E-state index is -4.70. The average molecular weight is 598 g/mol. The quantitative estimate of drug-likeness (QED) is 0.272. The lowest BCUT2D eigenvalue weighted by molar-refractivity contribution is -0.138. The van der Waals surface area contributed by atoms with Crippen molar-refractivity contribution in [2.45, 2.75) is 44.2 Å². The van der Waals surface area contributed by atoms with E-state index in [1.807, 2.05) is 0 Å². The molecule has 2 heterocycles. The smallest absolute Gasteiger partial charge is 0.449 e. The number of fused-ring (bicyclic) bond motifs is 2. The number of aryl methyl sites for hydroxylation is 2. The number of hydrogen-bond donors (Lipinski definition) is 1. The van der Waals surface area contributed by atoms with Crippen LogP contribution >= 0.6 is 0 Å². The second-order valence-electron chi connectivity index (χ2n) is 9.65. The summed E-state index contributed by atoms with van der Waals surface area (Å²) in [6, 6.07) is 5.98. The first-order chi connectivity index (χ1) is 19.6. The lowest BCUT2D eigenvalue weighted by Gasteiger charge is -2.19. The van der Waals surface area contributed by atoms with E-state index in [1.165, 1.54) is 31.3 Å². The highest BCUT2D eigenvalue weighted by Gasteiger charge is 2.38. The van der Waals surface area contributed by atoms with Crippen molar-refractivity contribution in [1.29, 1.82) is 0 Å². The van der Waals surface area contributed by atoms with Gasteiger partial charge in [-0.25, -0.2) is 19.0 Å². The van der Waals surface area contributed by atoms with Gasteiger partial charge in [0.25, 0.3) is 5.56 Å². The van der Waals surface area contributed by atoms with Crippen molar-refractivity contribution in [2.75, 3.05) is 0 Å². The van der Waals surface area contributed by atoms with Crippen molar-refractivity contribution in [3.8, 4) is 11.4 Å². The minimum absolute atomic E-state index is 0.00985. The van der Waals surface area contributed by atoms with Crippen LogP contribution in [0.25, 0.3) is 16.7 Å². The van der Waals surface area contributed by atoms with Gasteiger partial charge in [-0.1, -0.05) is 12.1 Å². The van der Waals surface area contributed by atoms with Crippen molar-refractivity contribution < 1.29 is 41.0 Å². The molecule has 1 atom stereocenters. The molecule has 0 radical (unpaired) electrons. The van der Waals surface area contributed by atoms with Crippen molar-refractivity contribution in [3.05, 3.63) is 90.6 Å². The number of alkyl halides is 6. The molecule has 4 aromatic rings. The first-order valence-corrected chi connectivity index (χ1v) is 12.3. The maximum Gasteiger partial charge on any atom is 0.511 e. The first kappa shape index (κ1) is 28.8. The van der Waals surface area contributed by atoms with Gasteiger partial charge in [-0.05, 0) is 48.2 Å². The maximum atomic E-state index is 13.7. The number of halogens is 6. The fourth-order valence-electron chi connectivity index (χ4n) is 5.34. The van der Waals surface area contributed by atoms with Crippen molar-refractivity contribution in [3.63, 3.8) is 0 Å². The second-order valence-corrected chi connectivity index (χ2v) is 9.65. The van der Waals surface area contributed by atoms with E-state index in [4.69, 9.17) is 0 Å². The molecule has 0 unspecified atom stereocenters. The number of hydrogen-bond acceptors (Lipinski definition) is 5. The Hall–Kier alpha value is -4.76. The Morgan fingerprint density at radius 1 is 1.02 bits per heavy atom. The lowest BCUT2D eigenvalue weighted by Crippen LogP contribution is -2.42. The Kier molecular flexibility index (Phi) is 6.82. The molecule has 0 spiro atoms. The molecule has 2 aromatic carbocycles. The Labute approximate surface area is 230 Å². The Morgan fingerprint density at radius 3 is 2.38 bits per heavy atom. The molecule has 1 N–H and O–H groups in total. The average Bonchev–Trinajstić information content (AvgIpc) is 3.42. The van der Waals surface area contributed by atoms with Gasteiger partial charge in [-0.2, -0.15) is 26.3 Å². The summed E-state index contributed by atoms with van der Waals surface area (Å²) in [4.78, 5) is 51.0. The predicted octanol–water partition coefficient (Wildman–Crippen LogP) is 4.22. The van der Waals surface area contributed by atoms with E-state index in [1.54, 1.807) is 0 Å². The van der Waals surface area contributed by atoms with Gasteiger partial charge in [0, 0.05) is 13.6 Å². The Balaban J connectivity index is 1.72. The molecule has 16 heteroatoms. The molecular formula is C26H20F6N4O6. The molecule has 5 rings (SSSR count). The largest absolute Gasteiger partial charge is 0.511 e. The summed E-state index contributed by atoms with van der Waals surface area (Å²) < 4.78 is 87.6. The van der Waals surface area contributed by atoms with Gasteiger partial charge >= 0.3 is 29.9 Å². The molecule has 0 bridgehead atoms. The third-order valence-electron chi connectivity index (χ3n) is 7.17. The van der Waals surface area contributed by atoms with Crippen LogP contribution in [-0.4, -0.2) is 35.7 Å². The number of ether oxygens (including phenoxy) is 1. The molecule has 0 saturated heterocycles. The summed E-state index contributed by atoms with van der Waals surface area (Å²) >= 11 is 0. The highest BCUT2D eigenvalue weighted by atomic mass is 19.4. The summed E-state index contributed by atoms with van der Waals surface area (Å²) in [5, 5.41) is 9.18. The van der Waals surface area contributed by atoms with Gasteiger partial charge in [-0.3, -0.25) is 18.5 Å². The van der Waals surface area contributed by atoms with Crippen LogP contribution < -0.4 is 21.7 Å². The van der Waals surface area contributed by atoms with Crippen LogP contribution in [0.4, 0.5) is 31.1 Å². The van der Waals surface area contributed by atoms with Crippen LogP contribution in [0.1, 0.15) is 35.6 Å². The molecule has 0 aliphatic heterocycles. The van der Waals surface area contributed by atoms with Gasteiger partial charge in [0.05, 0.1) is 40.9 Å². The number of carbonyl (C=O) groups is 1. The van der Waals surface area contributed by atoms with E-state index in [2.05, 4.69) is 4.74 Å². The number of carboxylic acid groups (broad SMARTS) is 1. The summed E-state index contributed by atoms with van der Waals surface area (Å²) in [7, 11) is 1.34. The van der Waals surface area contributed by atoms with Crippen LogP contribution in [0.2, 0.25) is 0 Å². The molecule has 1 aliphatic carbocycles. The van der Waals surface area contributed by atoms with Gasteiger partial charge < -0.3 is 9.84 Å². The molecule has 222 valence electrons. The highest BCUT2D eigenvalue weighted by Crippen LogP contribution is 2.41. The van der Waals surface area contributed by atoms with Crippen molar-refractivity contribution >= 4 is 17.2 Å². The van der Waals surface area contributed by atoms with E-state index < -0.39 is 65.8 Å². The highest BCUT2D eigenvalue weighted by molar-refractivity contribution is 5.78. The van der Waals surface area contributed by atoms with Crippen LogP contribution in [0.3, 0.4) is 0 Å². The fourth-order valence-corrected chi connectivity index (χ4v) is 5.34. The number of aromatic nitrogens is 4. The molecule has 1 aliphatic rings. The summed E-state index contributed by atoms with van der Waals surface area (Å²) in [5.41, 5.74) is -3.90. The Morgan fingerprint density at radius 2 is 1.74 bits per heavy atom. The molecule has 0 amide bonds. The van der Waals surface area contributed by atoms with Crippen molar-refractivity contribution in [2.24, 2.45) is 7.05 Å².